The third-order valence-electron chi connectivity index (χ3n) is 4.64. The molecule has 0 bridgehead atoms. The van der Waals surface area contributed by atoms with Crippen molar-refractivity contribution in [3.8, 4) is 6.07 Å². The van der Waals surface area contributed by atoms with Crippen LogP contribution in [0, 0.1) is 17.2 Å². The topological polar surface area (TPSA) is 51.9 Å². The van der Waals surface area contributed by atoms with E-state index >= 15 is 0 Å². The van der Waals surface area contributed by atoms with E-state index in [1.54, 1.807) is 6.26 Å². The van der Waals surface area contributed by atoms with Crippen molar-refractivity contribution in [1.82, 2.24) is 9.80 Å². The normalized spacial score (nSPS) is 27.3. The molecule has 0 aromatic rings. The molecule has 0 aromatic carbocycles. The molecule has 0 N–H and O–H groups in total. The van der Waals surface area contributed by atoms with Crippen LogP contribution >= 0.6 is 15.9 Å². The van der Waals surface area contributed by atoms with Gasteiger partial charge in [-0.1, -0.05) is 0 Å². The number of ether oxygens (including phenoxy) is 1. The Hall–Kier alpha value is -1.74. The fourth-order valence-corrected chi connectivity index (χ4v) is 3.99. The van der Waals surface area contributed by atoms with Gasteiger partial charge in [-0.15, -0.1) is 0 Å². The standard InChI is InChI=1S/C16H17BrN4O/c17-14-10-22-9-12-3-5-21-15(12)13(14)7-19-16(21)20-4-1-2-11(6-18)8-20/h7,10-11H,1-5,8-9H2. The number of nitrogens with zero attached hydrogens (tertiary/aromatic N) is 4. The molecule has 0 aromatic heterocycles. The Balaban J connectivity index is 1.70. The van der Waals surface area contributed by atoms with E-state index in [4.69, 9.17) is 9.73 Å². The quantitative estimate of drug-likeness (QED) is 0.666. The van der Waals surface area contributed by atoms with E-state index in [-0.39, 0.29) is 5.92 Å². The highest BCUT2D eigenvalue weighted by molar-refractivity contribution is 9.12. The third kappa shape index (κ3) is 2.15. The molecule has 0 aliphatic carbocycles. The second-order valence-electron chi connectivity index (χ2n) is 6.02. The number of rotatable bonds is 0. The lowest BCUT2D eigenvalue weighted by molar-refractivity contribution is 0.269. The third-order valence-corrected chi connectivity index (χ3v) is 5.25. The first-order valence-electron chi connectivity index (χ1n) is 7.68. The first-order valence-corrected chi connectivity index (χ1v) is 8.47. The molecule has 4 aliphatic rings. The van der Waals surface area contributed by atoms with Crippen molar-refractivity contribution in [2.75, 3.05) is 26.2 Å². The van der Waals surface area contributed by atoms with Gasteiger partial charge in [-0.25, -0.2) is 4.99 Å². The molecular weight excluding hydrogens is 344 g/mol. The molecule has 4 heterocycles. The van der Waals surface area contributed by atoms with Gasteiger partial charge < -0.3 is 14.5 Å². The summed E-state index contributed by atoms with van der Waals surface area (Å²) in [4.78, 5) is 9.28. The molecule has 1 unspecified atom stereocenters. The van der Waals surface area contributed by atoms with Gasteiger partial charge in [0.15, 0.2) is 0 Å². The lowest BCUT2D eigenvalue weighted by Gasteiger charge is -2.38. The summed E-state index contributed by atoms with van der Waals surface area (Å²) in [5, 5.41) is 9.22. The van der Waals surface area contributed by atoms with Crippen LogP contribution in [-0.2, 0) is 4.74 Å². The molecule has 4 aliphatic heterocycles. The first kappa shape index (κ1) is 13.9. The molecule has 0 spiro atoms. The van der Waals surface area contributed by atoms with E-state index in [9.17, 15) is 5.26 Å². The minimum Gasteiger partial charge on any atom is -0.496 e. The second-order valence-corrected chi connectivity index (χ2v) is 6.87. The molecule has 114 valence electrons. The zero-order valence-electron chi connectivity index (χ0n) is 12.3. The minimum absolute atomic E-state index is 0.113. The number of hydrogen-bond donors (Lipinski definition) is 0. The predicted octanol–water partition coefficient (Wildman–Crippen LogP) is 2.70. The van der Waals surface area contributed by atoms with Gasteiger partial charge in [0.2, 0.25) is 5.96 Å². The summed E-state index contributed by atoms with van der Waals surface area (Å²) in [6.07, 6.45) is 6.75. The molecule has 0 amide bonds. The van der Waals surface area contributed by atoms with Crippen molar-refractivity contribution in [3.63, 3.8) is 0 Å². The van der Waals surface area contributed by atoms with Crippen LogP contribution in [0.25, 0.3) is 0 Å². The summed E-state index contributed by atoms with van der Waals surface area (Å²) in [6, 6.07) is 2.41. The monoisotopic (exact) mass is 360 g/mol. The number of hydrogen-bond acceptors (Lipinski definition) is 5. The average molecular weight is 361 g/mol. The zero-order chi connectivity index (χ0) is 15.1. The van der Waals surface area contributed by atoms with E-state index in [1.807, 2.05) is 6.20 Å². The molecule has 4 rings (SSSR count). The molecular formula is C16H17BrN4O. The van der Waals surface area contributed by atoms with Crippen LogP contribution in [0.1, 0.15) is 19.3 Å². The maximum absolute atomic E-state index is 9.22. The highest BCUT2D eigenvalue weighted by atomic mass is 79.9. The summed E-state index contributed by atoms with van der Waals surface area (Å²) in [7, 11) is 0. The van der Waals surface area contributed by atoms with E-state index in [0.29, 0.717) is 6.61 Å². The summed E-state index contributed by atoms with van der Waals surface area (Å²) < 4.78 is 6.55. The summed E-state index contributed by atoms with van der Waals surface area (Å²) in [6.45, 7) is 3.35. The van der Waals surface area contributed by atoms with Crippen LogP contribution in [0.4, 0.5) is 0 Å². The van der Waals surface area contributed by atoms with Crippen molar-refractivity contribution in [3.05, 3.63) is 33.8 Å². The van der Waals surface area contributed by atoms with Gasteiger partial charge in [0, 0.05) is 31.4 Å². The van der Waals surface area contributed by atoms with Crippen LogP contribution in [0.3, 0.4) is 0 Å². The fourth-order valence-electron chi connectivity index (χ4n) is 3.57. The molecule has 1 fully saturated rings. The van der Waals surface area contributed by atoms with E-state index in [0.717, 1.165) is 54.9 Å². The van der Waals surface area contributed by atoms with Gasteiger partial charge in [0.1, 0.15) is 6.61 Å². The number of aliphatic imine (C=N–C) groups is 1. The van der Waals surface area contributed by atoms with E-state index in [2.05, 4.69) is 31.8 Å². The molecule has 1 saturated heterocycles. The highest BCUT2D eigenvalue weighted by Crippen LogP contribution is 2.40. The molecule has 0 radical (unpaired) electrons. The van der Waals surface area contributed by atoms with Gasteiger partial charge in [0.25, 0.3) is 0 Å². The van der Waals surface area contributed by atoms with Gasteiger partial charge in [-0.3, -0.25) is 0 Å². The van der Waals surface area contributed by atoms with Crippen LogP contribution in [0.2, 0.25) is 0 Å². The highest BCUT2D eigenvalue weighted by Gasteiger charge is 2.36. The summed E-state index contributed by atoms with van der Waals surface area (Å²) in [5.74, 6) is 1.11. The van der Waals surface area contributed by atoms with Crippen LogP contribution in [-0.4, -0.2) is 42.0 Å². The van der Waals surface area contributed by atoms with Gasteiger partial charge in [-0.2, -0.15) is 5.26 Å². The van der Waals surface area contributed by atoms with Crippen molar-refractivity contribution < 1.29 is 4.74 Å². The van der Waals surface area contributed by atoms with Crippen molar-refractivity contribution in [2.45, 2.75) is 19.3 Å². The lowest BCUT2D eigenvalue weighted by atomic mass is 10.00. The number of guanidine groups is 1. The number of piperidine rings is 1. The van der Waals surface area contributed by atoms with Crippen LogP contribution < -0.4 is 0 Å². The number of nitriles is 1. The van der Waals surface area contributed by atoms with E-state index < -0.39 is 0 Å². The minimum atomic E-state index is 0.113. The Bertz CT molecular complexity index is 670. The SMILES string of the molecule is N#CC1CCCN(C2=NC=C3C(Br)=COCC4=C3N2CC4)C1. The largest absolute Gasteiger partial charge is 0.496 e. The Morgan fingerprint density at radius 3 is 3.18 bits per heavy atom. The molecule has 1 atom stereocenters. The van der Waals surface area contributed by atoms with Gasteiger partial charge >= 0.3 is 0 Å². The molecule has 0 saturated carbocycles. The Morgan fingerprint density at radius 2 is 2.32 bits per heavy atom. The van der Waals surface area contributed by atoms with Crippen molar-refractivity contribution >= 4 is 21.9 Å². The Labute approximate surface area is 138 Å². The average Bonchev–Trinajstić information content (AvgIpc) is 2.90. The lowest BCUT2D eigenvalue weighted by Crippen LogP contribution is -2.48. The summed E-state index contributed by atoms with van der Waals surface area (Å²) in [5.41, 5.74) is 3.67. The zero-order valence-corrected chi connectivity index (χ0v) is 13.8. The predicted molar refractivity (Wildman–Crippen MR) is 86.7 cm³/mol. The maximum atomic E-state index is 9.22. The second kappa shape index (κ2) is 5.47. The van der Waals surface area contributed by atoms with Crippen LogP contribution in [0.15, 0.2) is 38.8 Å². The Kier molecular flexibility index (Phi) is 3.45. The van der Waals surface area contributed by atoms with Crippen LogP contribution in [0.5, 0.6) is 0 Å². The maximum Gasteiger partial charge on any atom is 0.205 e. The summed E-state index contributed by atoms with van der Waals surface area (Å²) >= 11 is 3.58. The first-order chi connectivity index (χ1) is 10.8. The number of halogens is 1. The molecule has 6 heteroatoms. The fraction of sp³-hybridized carbons (Fsp3) is 0.500. The number of allylic oxidation sites excluding steroid dienone is 1. The molecule has 22 heavy (non-hydrogen) atoms. The Morgan fingerprint density at radius 1 is 1.41 bits per heavy atom. The molecule has 5 nitrogen and oxygen atoms in total. The number of likely N-dealkylation sites (tertiary alicyclic amines) is 1. The van der Waals surface area contributed by atoms with Crippen molar-refractivity contribution in [2.24, 2.45) is 10.9 Å². The smallest absolute Gasteiger partial charge is 0.205 e. The van der Waals surface area contributed by atoms with E-state index in [1.165, 1.54) is 11.3 Å². The van der Waals surface area contributed by atoms with Crippen molar-refractivity contribution in [1.29, 1.82) is 5.26 Å². The van der Waals surface area contributed by atoms with Gasteiger partial charge in [0.05, 0.1) is 28.4 Å². The van der Waals surface area contributed by atoms with Gasteiger partial charge in [-0.05, 0) is 40.8 Å².